The third-order valence-electron chi connectivity index (χ3n) is 3.78. The molecule has 0 aromatic heterocycles. The smallest absolute Gasteiger partial charge is 0.323 e. The van der Waals surface area contributed by atoms with Crippen LogP contribution in [0, 0.1) is 11.8 Å². The molecule has 0 saturated heterocycles. The summed E-state index contributed by atoms with van der Waals surface area (Å²) >= 11 is 0. The van der Waals surface area contributed by atoms with Gasteiger partial charge in [-0.1, -0.05) is 19.8 Å². The number of hydrogen-bond donors (Lipinski definition) is 1. The van der Waals surface area contributed by atoms with Crippen molar-refractivity contribution >= 4 is 11.9 Å². The SMILES string of the molecule is CC1CC1C(=O)N(CC(=O)O)C1CCCC1. The fourth-order valence-corrected chi connectivity index (χ4v) is 2.63. The average Bonchev–Trinajstić information content (AvgIpc) is 2.77. The Kier molecular flexibility index (Phi) is 3.17. The summed E-state index contributed by atoms with van der Waals surface area (Å²) in [7, 11) is 0. The number of hydrogen-bond acceptors (Lipinski definition) is 2. The van der Waals surface area contributed by atoms with Crippen molar-refractivity contribution in [3.63, 3.8) is 0 Å². The van der Waals surface area contributed by atoms with Crippen LogP contribution in [0.3, 0.4) is 0 Å². The second-order valence-corrected chi connectivity index (χ2v) is 5.12. The minimum Gasteiger partial charge on any atom is -0.480 e. The monoisotopic (exact) mass is 225 g/mol. The first-order chi connectivity index (χ1) is 7.59. The van der Waals surface area contributed by atoms with Gasteiger partial charge in [-0.25, -0.2) is 0 Å². The molecule has 4 heteroatoms. The quantitative estimate of drug-likeness (QED) is 0.788. The molecule has 2 unspecified atom stereocenters. The molecule has 2 fully saturated rings. The van der Waals surface area contributed by atoms with Crippen molar-refractivity contribution in [2.75, 3.05) is 6.54 Å². The molecule has 4 nitrogen and oxygen atoms in total. The predicted molar refractivity (Wildman–Crippen MR) is 58.9 cm³/mol. The van der Waals surface area contributed by atoms with E-state index in [0.717, 1.165) is 32.1 Å². The second-order valence-electron chi connectivity index (χ2n) is 5.12. The van der Waals surface area contributed by atoms with Crippen LogP contribution in [0.25, 0.3) is 0 Å². The molecule has 2 aliphatic rings. The largest absolute Gasteiger partial charge is 0.480 e. The first-order valence-corrected chi connectivity index (χ1v) is 6.12. The summed E-state index contributed by atoms with van der Waals surface area (Å²) < 4.78 is 0. The Labute approximate surface area is 95.6 Å². The Hall–Kier alpha value is -1.06. The molecule has 2 atom stereocenters. The van der Waals surface area contributed by atoms with Crippen LogP contribution in [0.5, 0.6) is 0 Å². The summed E-state index contributed by atoms with van der Waals surface area (Å²) in [6.07, 6.45) is 5.12. The molecule has 0 aromatic carbocycles. The van der Waals surface area contributed by atoms with Crippen LogP contribution >= 0.6 is 0 Å². The van der Waals surface area contributed by atoms with Gasteiger partial charge in [0.2, 0.25) is 5.91 Å². The fraction of sp³-hybridized carbons (Fsp3) is 0.833. The van der Waals surface area contributed by atoms with Gasteiger partial charge in [0.15, 0.2) is 0 Å². The molecule has 0 radical (unpaired) electrons. The van der Waals surface area contributed by atoms with Gasteiger partial charge in [-0.3, -0.25) is 9.59 Å². The van der Waals surface area contributed by atoms with Crippen LogP contribution in [0.4, 0.5) is 0 Å². The van der Waals surface area contributed by atoms with E-state index in [1.807, 2.05) is 0 Å². The highest BCUT2D eigenvalue weighted by atomic mass is 16.4. The van der Waals surface area contributed by atoms with Gasteiger partial charge in [0.1, 0.15) is 6.54 Å². The van der Waals surface area contributed by atoms with Crippen LogP contribution in [0.2, 0.25) is 0 Å². The molecule has 2 aliphatic carbocycles. The van der Waals surface area contributed by atoms with Crippen LogP contribution in [-0.2, 0) is 9.59 Å². The number of carbonyl (C=O) groups is 2. The summed E-state index contributed by atoms with van der Waals surface area (Å²) in [6.45, 7) is 1.93. The minimum absolute atomic E-state index is 0.0711. The lowest BCUT2D eigenvalue weighted by Gasteiger charge is -2.27. The van der Waals surface area contributed by atoms with Crippen molar-refractivity contribution in [1.82, 2.24) is 4.90 Å². The van der Waals surface area contributed by atoms with E-state index in [0.29, 0.717) is 5.92 Å². The number of amides is 1. The summed E-state index contributed by atoms with van der Waals surface area (Å²) in [5.74, 6) is -0.277. The minimum atomic E-state index is -0.895. The maximum atomic E-state index is 12.1. The van der Waals surface area contributed by atoms with E-state index in [4.69, 9.17) is 5.11 Å². The second kappa shape index (κ2) is 4.44. The third-order valence-corrected chi connectivity index (χ3v) is 3.78. The fourth-order valence-electron chi connectivity index (χ4n) is 2.63. The highest BCUT2D eigenvalue weighted by Gasteiger charge is 2.43. The van der Waals surface area contributed by atoms with Gasteiger partial charge in [0.25, 0.3) is 0 Å². The third kappa shape index (κ3) is 2.36. The molecule has 0 aromatic rings. The lowest BCUT2D eigenvalue weighted by molar-refractivity contribution is -0.147. The summed E-state index contributed by atoms with van der Waals surface area (Å²) in [5.41, 5.74) is 0. The highest BCUT2D eigenvalue weighted by Crippen LogP contribution is 2.40. The van der Waals surface area contributed by atoms with Crippen molar-refractivity contribution in [3.8, 4) is 0 Å². The van der Waals surface area contributed by atoms with Gasteiger partial charge in [-0.2, -0.15) is 0 Å². The van der Waals surface area contributed by atoms with Crippen molar-refractivity contribution < 1.29 is 14.7 Å². The molecule has 90 valence electrons. The Morgan fingerprint density at radius 2 is 1.88 bits per heavy atom. The van der Waals surface area contributed by atoms with Gasteiger partial charge >= 0.3 is 5.97 Å². The molecule has 16 heavy (non-hydrogen) atoms. The van der Waals surface area contributed by atoms with E-state index in [1.54, 1.807) is 4.90 Å². The summed E-state index contributed by atoms with van der Waals surface area (Å²) in [5, 5.41) is 8.87. The normalized spacial score (nSPS) is 29.1. The Balaban J connectivity index is 2.01. The topological polar surface area (TPSA) is 57.6 Å². The van der Waals surface area contributed by atoms with E-state index < -0.39 is 5.97 Å². The molecule has 2 rings (SSSR count). The number of carboxylic acid groups (broad SMARTS) is 1. The zero-order valence-corrected chi connectivity index (χ0v) is 9.69. The highest BCUT2D eigenvalue weighted by molar-refractivity contribution is 5.85. The van der Waals surface area contributed by atoms with Crippen LogP contribution in [0.15, 0.2) is 0 Å². The van der Waals surface area contributed by atoms with Crippen molar-refractivity contribution in [1.29, 1.82) is 0 Å². The number of carboxylic acids is 1. The Morgan fingerprint density at radius 1 is 1.31 bits per heavy atom. The van der Waals surface area contributed by atoms with Gasteiger partial charge in [-0.15, -0.1) is 0 Å². The first-order valence-electron chi connectivity index (χ1n) is 6.12. The number of carbonyl (C=O) groups excluding carboxylic acids is 1. The molecular weight excluding hydrogens is 206 g/mol. The molecule has 0 heterocycles. The molecule has 0 aliphatic heterocycles. The van der Waals surface area contributed by atoms with E-state index in [1.165, 1.54) is 0 Å². The maximum absolute atomic E-state index is 12.1. The first kappa shape index (κ1) is 11.4. The molecular formula is C12H19NO3. The molecule has 0 bridgehead atoms. The van der Waals surface area contributed by atoms with Crippen molar-refractivity contribution in [2.45, 2.75) is 45.1 Å². The lowest BCUT2D eigenvalue weighted by Crippen LogP contribution is -2.43. The van der Waals surface area contributed by atoms with Gasteiger partial charge < -0.3 is 10.0 Å². The zero-order valence-electron chi connectivity index (χ0n) is 9.69. The molecule has 1 amide bonds. The van der Waals surface area contributed by atoms with E-state index in [2.05, 4.69) is 6.92 Å². The van der Waals surface area contributed by atoms with E-state index >= 15 is 0 Å². The number of aliphatic carboxylic acids is 1. The van der Waals surface area contributed by atoms with Gasteiger partial charge in [0.05, 0.1) is 0 Å². The molecule has 2 saturated carbocycles. The summed E-state index contributed by atoms with van der Waals surface area (Å²) in [4.78, 5) is 24.5. The maximum Gasteiger partial charge on any atom is 0.323 e. The predicted octanol–water partition coefficient (Wildman–Crippen LogP) is 1.50. The number of rotatable bonds is 4. The standard InChI is InChI=1S/C12H19NO3/c1-8-6-10(8)12(16)13(7-11(14)15)9-4-2-3-5-9/h8-10H,2-7H2,1H3,(H,14,15). The molecule has 0 spiro atoms. The van der Waals surface area contributed by atoms with Crippen molar-refractivity contribution in [2.24, 2.45) is 11.8 Å². The van der Waals surface area contributed by atoms with Crippen LogP contribution in [-0.4, -0.2) is 34.5 Å². The number of nitrogens with zero attached hydrogens (tertiary/aromatic N) is 1. The van der Waals surface area contributed by atoms with Gasteiger partial charge in [-0.05, 0) is 25.2 Å². The van der Waals surface area contributed by atoms with Crippen LogP contribution < -0.4 is 0 Å². The van der Waals surface area contributed by atoms with Crippen molar-refractivity contribution in [3.05, 3.63) is 0 Å². The van der Waals surface area contributed by atoms with Crippen LogP contribution in [0.1, 0.15) is 39.0 Å². The Morgan fingerprint density at radius 3 is 2.31 bits per heavy atom. The summed E-state index contributed by atoms with van der Waals surface area (Å²) in [6, 6.07) is 0.177. The Bertz CT molecular complexity index is 297. The molecule has 1 N–H and O–H groups in total. The van der Waals surface area contributed by atoms with E-state index in [-0.39, 0.29) is 24.4 Å². The average molecular weight is 225 g/mol. The van der Waals surface area contributed by atoms with Gasteiger partial charge in [0, 0.05) is 12.0 Å². The zero-order chi connectivity index (χ0) is 11.7. The lowest BCUT2D eigenvalue weighted by atomic mass is 10.1. The van der Waals surface area contributed by atoms with E-state index in [9.17, 15) is 9.59 Å².